The summed E-state index contributed by atoms with van der Waals surface area (Å²) in [6.45, 7) is 4.86. The molecule has 35 heavy (non-hydrogen) atoms. The van der Waals surface area contributed by atoms with Crippen LogP contribution in [0.2, 0.25) is 0 Å². The van der Waals surface area contributed by atoms with Crippen molar-refractivity contribution in [1.82, 2.24) is 19.8 Å². The van der Waals surface area contributed by atoms with Crippen LogP contribution in [0, 0.1) is 23.1 Å². The summed E-state index contributed by atoms with van der Waals surface area (Å²) in [5, 5.41) is 19.0. The number of piperidine rings is 1. The molecular formula is C26H33FN6O2. The number of likely N-dealkylation sites (tertiary alicyclic amines) is 1. The van der Waals surface area contributed by atoms with Crippen LogP contribution in [0.5, 0.6) is 11.8 Å². The summed E-state index contributed by atoms with van der Waals surface area (Å²) < 4.78 is 20.5. The number of rotatable bonds is 7. The lowest BCUT2D eigenvalue weighted by Crippen LogP contribution is -2.37. The van der Waals surface area contributed by atoms with Crippen molar-refractivity contribution in [2.45, 2.75) is 57.8 Å². The predicted molar refractivity (Wildman–Crippen MR) is 129 cm³/mol. The smallest absolute Gasteiger partial charge is 0.318 e. The molecule has 1 aromatic carbocycles. The minimum absolute atomic E-state index is 0.0583. The molecule has 0 spiro atoms. The quantitative estimate of drug-likeness (QED) is 0.645. The maximum absolute atomic E-state index is 14.4. The summed E-state index contributed by atoms with van der Waals surface area (Å²) in [5.74, 6) is 0.939. The first-order chi connectivity index (χ1) is 17.0. The highest BCUT2D eigenvalue weighted by molar-refractivity contribution is 5.52. The number of hydrogen-bond donors (Lipinski definition) is 1. The molecule has 2 atom stereocenters. The van der Waals surface area contributed by atoms with Crippen molar-refractivity contribution >= 4 is 5.82 Å². The number of nitrogens with zero attached hydrogens (tertiary/aromatic N) is 6. The van der Waals surface area contributed by atoms with Gasteiger partial charge in [-0.25, -0.2) is 4.39 Å². The van der Waals surface area contributed by atoms with Crippen LogP contribution in [0.4, 0.5) is 10.2 Å². The number of phenols is 1. The molecule has 1 N–H and O–H groups in total. The van der Waals surface area contributed by atoms with Crippen LogP contribution in [0.25, 0.3) is 0 Å². The topological polar surface area (TPSA) is 88.8 Å². The van der Waals surface area contributed by atoms with E-state index >= 15 is 0 Å². The summed E-state index contributed by atoms with van der Waals surface area (Å²) >= 11 is 0. The average molecular weight is 481 g/mol. The molecule has 0 amide bonds. The van der Waals surface area contributed by atoms with Gasteiger partial charge >= 0.3 is 6.01 Å². The molecule has 1 aromatic heterocycles. The maximum atomic E-state index is 14.4. The molecular weight excluding hydrogens is 447 g/mol. The van der Waals surface area contributed by atoms with Crippen LogP contribution in [-0.2, 0) is 19.6 Å². The predicted octanol–water partition coefficient (Wildman–Crippen LogP) is 3.44. The molecule has 0 bridgehead atoms. The van der Waals surface area contributed by atoms with Gasteiger partial charge in [-0.1, -0.05) is 0 Å². The Balaban J connectivity index is 1.39. The molecule has 3 aliphatic rings. The molecule has 5 rings (SSSR count). The van der Waals surface area contributed by atoms with Gasteiger partial charge in [-0.3, -0.25) is 4.90 Å². The SMILES string of the molecule is CN1CCC[C@H]1COc1nc2c(c(N3CCC[C@@H](CC#N)C3)n1)CN(Cc1cc(O)ccc1F)C2. The van der Waals surface area contributed by atoms with E-state index in [4.69, 9.17) is 14.7 Å². The first kappa shape index (κ1) is 23.8. The van der Waals surface area contributed by atoms with Crippen molar-refractivity contribution < 1.29 is 14.2 Å². The first-order valence-electron chi connectivity index (χ1n) is 12.5. The van der Waals surface area contributed by atoms with E-state index in [0.29, 0.717) is 56.2 Å². The molecule has 186 valence electrons. The molecule has 2 aromatic rings. The van der Waals surface area contributed by atoms with E-state index < -0.39 is 0 Å². The van der Waals surface area contributed by atoms with E-state index in [1.807, 2.05) is 0 Å². The Hall–Kier alpha value is -2.96. The van der Waals surface area contributed by atoms with E-state index in [2.05, 4.69) is 27.8 Å². The zero-order chi connectivity index (χ0) is 24.4. The van der Waals surface area contributed by atoms with Crippen LogP contribution in [0.3, 0.4) is 0 Å². The van der Waals surface area contributed by atoms with Gasteiger partial charge in [-0.15, -0.1) is 0 Å². The number of likely N-dealkylation sites (N-methyl/N-ethyl adjacent to an activating group) is 1. The van der Waals surface area contributed by atoms with Crippen molar-refractivity contribution in [3.8, 4) is 17.8 Å². The van der Waals surface area contributed by atoms with Crippen LogP contribution < -0.4 is 9.64 Å². The van der Waals surface area contributed by atoms with Crippen LogP contribution in [0.1, 0.15) is 48.9 Å². The summed E-state index contributed by atoms with van der Waals surface area (Å²) in [5.41, 5.74) is 2.42. The Morgan fingerprint density at radius 1 is 1.20 bits per heavy atom. The van der Waals surface area contributed by atoms with E-state index in [-0.39, 0.29) is 11.6 Å². The fraction of sp³-hybridized carbons (Fsp3) is 0.577. The van der Waals surface area contributed by atoms with Crippen LogP contribution in [0.15, 0.2) is 18.2 Å². The number of ether oxygens (including phenoxy) is 1. The average Bonchev–Trinajstić information content (AvgIpc) is 3.45. The third-order valence-corrected chi connectivity index (χ3v) is 7.50. The number of aromatic nitrogens is 2. The second-order valence-electron chi connectivity index (χ2n) is 10.1. The van der Waals surface area contributed by atoms with Gasteiger partial charge in [-0.2, -0.15) is 15.2 Å². The molecule has 2 fully saturated rings. The second-order valence-corrected chi connectivity index (χ2v) is 10.1. The number of benzene rings is 1. The molecule has 2 saturated heterocycles. The Morgan fingerprint density at radius 2 is 2.06 bits per heavy atom. The van der Waals surface area contributed by atoms with E-state index in [9.17, 15) is 14.8 Å². The molecule has 9 heteroatoms. The van der Waals surface area contributed by atoms with Gasteiger partial charge in [0.25, 0.3) is 0 Å². The monoisotopic (exact) mass is 480 g/mol. The zero-order valence-electron chi connectivity index (χ0n) is 20.3. The first-order valence-corrected chi connectivity index (χ1v) is 12.5. The van der Waals surface area contributed by atoms with Crippen molar-refractivity contribution in [2.24, 2.45) is 5.92 Å². The molecule has 0 unspecified atom stereocenters. The Kier molecular flexibility index (Phi) is 7.02. The molecule has 3 aliphatic heterocycles. The van der Waals surface area contributed by atoms with E-state index in [0.717, 1.165) is 56.0 Å². The molecule has 8 nitrogen and oxygen atoms in total. The highest BCUT2D eigenvalue weighted by Gasteiger charge is 2.31. The summed E-state index contributed by atoms with van der Waals surface area (Å²) in [4.78, 5) is 16.3. The zero-order valence-corrected chi connectivity index (χ0v) is 20.3. The maximum Gasteiger partial charge on any atom is 0.318 e. The molecule has 0 saturated carbocycles. The Labute approximate surface area is 205 Å². The van der Waals surface area contributed by atoms with Gasteiger partial charge in [0.15, 0.2) is 0 Å². The Morgan fingerprint density at radius 3 is 2.86 bits per heavy atom. The summed E-state index contributed by atoms with van der Waals surface area (Å²) in [7, 11) is 2.12. The normalized spacial score (nSPS) is 22.8. The fourth-order valence-electron chi connectivity index (χ4n) is 5.55. The van der Waals surface area contributed by atoms with Crippen molar-refractivity contribution in [3.05, 3.63) is 40.8 Å². The minimum atomic E-state index is -0.329. The number of aromatic hydroxyl groups is 1. The number of halogens is 1. The molecule has 0 radical (unpaired) electrons. The van der Waals surface area contributed by atoms with E-state index in [1.165, 1.54) is 24.6 Å². The van der Waals surface area contributed by atoms with Gasteiger partial charge < -0.3 is 19.6 Å². The standard InChI is InChI=1S/C26H33FN6O2/c1-31-10-3-5-20(31)17-35-26-29-24-16-32(14-19-12-21(34)6-7-23(19)27)15-22(24)25(30-26)33-11-2-4-18(13-33)8-9-28/h6-7,12,18,20,34H,2-5,8,10-11,13-17H2,1H3/t18-,20-/m0/s1. The van der Waals surface area contributed by atoms with Crippen LogP contribution >= 0.6 is 0 Å². The van der Waals surface area contributed by atoms with Crippen molar-refractivity contribution in [2.75, 3.05) is 38.2 Å². The fourth-order valence-corrected chi connectivity index (χ4v) is 5.55. The van der Waals surface area contributed by atoms with Gasteiger partial charge in [-0.05, 0) is 63.4 Å². The van der Waals surface area contributed by atoms with Crippen LogP contribution in [-0.4, -0.2) is 64.2 Å². The third-order valence-electron chi connectivity index (χ3n) is 7.50. The highest BCUT2D eigenvalue weighted by atomic mass is 19.1. The Bertz CT molecular complexity index is 1110. The largest absolute Gasteiger partial charge is 0.508 e. The molecule has 4 heterocycles. The highest BCUT2D eigenvalue weighted by Crippen LogP contribution is 2.35. The third kappa shape index (κ3) is 5.34. The molecule has 0 aliphatic carbocycles. The van der Waals surface area contributed by atoms with E-state index in [1.54, 1.807) is 0 Å². The van der Waals surface area contributed by atoms with Gasteiger partial charge in [0.2, 0.25) is 0 Å². The number of anilines is 1. The summed E-state index contributed by atoms with van der Waals surface area (Å²) in [6, 6.07) is 7.23. The number of fused-ring (bicyclic) bond motifs is 1. The lowest BCUT2D eigenvalue weighted by molar-refractivity contribution is 0.187. The van der Waals surface area contributed by atoms with Gasteiger partial charge in [0.05, 0.1) is 11.8 Å². The van der Waals surface area contributed by atoms with Gasteiger partial charge in [0, 0.05) is 56.3 Å². The second kappa shape index (κ2) is 10.3. The number of hydrogen-bond acceptors (Lipinski definition) is 8. The van der Waals surface area contributed by atoms with Crippen molar-refractivity contribution in [3.63, 3.8) is 0 Å². The van der Waals surface area contributed by atoms with Gasteiger partial charge in [0.1, 0.15) is 24.0 Å². The summed E-state index contributed by atoms with van der Waals surface area (Å²) in [6.07, 6.45) is 4.91. The number of nitriles is 1. The lowest BCUT2D eigenvalue weighted by Gasteiger charge is -2.33. The number of phenolic OH excluding ortho intramolecular Hbond substituents is 1. The minimum Gasteiger partial charge on any atom is -0.508 e. The van der Waals surface area contributed by atoms with Crippen molar-refractivity contribution in [1.29, 1.82) is 5.26 Å². The lowest BCUT2D eigenvalue weighted by atomic mass is 9.95.